The van der Waals surface area contributed by atoms with Crippen molar-refractivity contribution in [2.45, 2.75) is 59.7 Å². The fraction of sp³-hybridized carbons (Fsp3) is 0.483. The maximum atomic E-state index is 13.0. The maximum absolute atomic E-state index is 13.0. The number of hydrogen-bond acceptors (Lipinski definition) is 6. The molecule has 0 aliphatic rings. The molecule has 2 aromatic rings. The Morgan fingerprint density at radius 2 is 1.86 bits per heavy atom. The molecule has 0 aliphatic heterocycles. The summed E-state index contributed by atoms with van der Waals surface area (Å²) in [6, 6.07) is 2.87. The molecule has 0 fully saturated rings. The number of ether oxygens (including phenoxy) is 3. The van der Waals surface area contributed by atoms with E-state index in [0.29, 0.717) is 34.5 Å². The fourth-order valence-corrected chi connectivity index (χ4v) is 4.42. The summed E-state index contributed by atoms with van der Waals surface area (Å²) in [6.45, 7) is 10.1. The summed E-state index contributed by atoms with van der Waals surface area (Å²) < 4.78 is 23.0. The Morgan fingerprint density at radius 1 is 1.14 bits per heavy atom. The molecule has 0 bridgehead atoms. The predicted molar refractivity (Wildman–Crippen MR) is 141 cm³/mol. The van der Waals surface area contributed by atoms with Crippen molar-refractivity contribution in [1.29, 1.82) is 0 Å². The second-order valence-corrected chi connectivity index (χ2v) is 9.05. The molecule has 6 nitrogen and oxygen atoms in total. The second-order valence-electron chi connectivity index (χ2n) is 9.05. The van der Waals surface area contributed by atoms with Gasteiger partial charge in [-0.3, -0.25) is 4.79 Å². The molecule has 192 valence electrons. The number of fused-ring (bicyclic) bond motifs is 1. The number of rotatable bonds is 12. The summed E-state index contributed by atoms with van der Waals surface area (Å²) in [5.74, 6) is 1.19. The molecule has 0 unspecified atom stereocenters. The first-order valence-electron chi connectivity index (χ1n) is 12.0. The van der Waals surface area contributed by atoms with Crippen molar-refractivity contribution in [3.05, 3.63) is 69.6 Å². The number of aryl methyl sites for hydroxylation is 1. The summed E-state index contributed by atoms with van der Waals surface area (Å²) in [5.41, 5.74) is 1.93. The largest absolute Gasteiger partial charge is 0.508 e. The lowest BCUT2D eigenvalue weighted by Gasteiger charge is -2.32. The van der Waals surface area contributed by atoms with Gasteiger partial charge in [-0.15, -0.1) is 0 Å². The summed E-state index contributed by atoms with van der Waals surface area (Å²) >= 11 is 0. The number of allylic oxidation sites excluding steroid dienone is 5. The zero-order valence-corrected chi connectivity index (χ0v) is 22.3. The van der Waals surface area contributed by atoms with Crippen LogP contribution in [-0.4, -0.2) is 38.6 Å². The highest BCUT2D eigenvalue weighted by Crippen LogP contribution is 2.31. The van der Waals surface area contributed by atoms with E-state index in [1.807, 2.05) is 19.1 Å². The molecule has 0 spiro atoms. The monoisotopic (exact) mass is 484 g/mol. The standard InChI is InChI=1S/C29H40O6/c1-9-18(2)12-10-11-13-23(32-6)21(5)29(34-8)19(3)14-15-24-20(4)28(31)27-25(33-7)16-22(30)17-26(27)35-24/h9-13,16-17,19,21,23,29-30H,14-15H2,1-8H3/b12-10+,13-11+,18-9+/t19-,21+,23-,29-/m0/s1. The SMILES string of the molecule is C/C=C(C)/C=C/C=C/[C@H](OC)[C@@H](C)[C@@H](OC)[C@@H](C)CCc1oc2cc(O)cc(OC)c2c(=O)c1C. The summed E-state index contributed by atoms with van der Waals surface area (Å²) in [7, 11) is 4.90. The Bertz CT molecular complexity index is 1120. The van der Waals surface area contributed by atoms with Crippen LogP contribution in [0.2, 0.25) is 0 Å². The van der Waals surface area contributed by atoms with Crippen molar-refractivity contribution in [3.8, 4) is 11.5 Å². The van der Waals surface area contributed by atoms with Gasteiger partial charge in [-0.05, 0) is 33.1 Å². The third-order valence-corrected chi connectivity index (χ3v) is 6.68. The van der Waals surface area contributed by atoms with Crippen molar-refractivity contribution >= 4 is 11.0 Å². The molecule has 0 aliphatic carbocycles. The van der Waals surface area contributed by atoms with Gasteiger partial charge in [-0.2, -0.15) is 0 Å². The fourth-order valence-electron chi connectivity index (χ4n) is 4.42. The van der Waals surface area contributed by atoms with Crippen LogP contribution in [0.15, 0.2) is 57.3 Å². The molecule has 1 aromatic heterocycles. The Kier molecular flexibility index (Phi) is 10.8. The second kappa shape index (κ2) is 13.3. The number of benzene rings is 1. The number of phenols is 1. The molecule has 1 N–H and O–H groups in total. The van der Waals surface area contributed by atoms with E-state index in [9.17, 15) is 9.90 Å². The molecule has 1 heterocycles. The van der Waals surface area contributed by atoms with E-state index in [1.54, 1.807) is 21.1 Å². The van der Waals surface area contributed by atoms with Gasteiger partial charge in [0.1, 0.15) is 28.2 Å². The highest BCUT2D eigenvalue weighted by atomic mass is 16.5. The molecule has 0 saturated heterocycles. The van der Waals surface area contributed by atoms with E-state index in [-0.39, 0.29) is 35.2 Å². The molecule has 2 rings (SSSR count). The van der Waals surface area contributed by atoms with E-state index in [4.69, 9.17) is 18.6 Å². The van der Waals surface area contributed by atoms with Crippen LogP contribution in [0.3, 0.4) is 0 Å². The minimum atomic E-state index is -0.145. The van der Waals surface area contributed by atoms with Gasteiger partial charge in [0, 0.05) is 44.3 Å². The van der Waals surface area contributed by atoms with Crippen molar-refractivity contribution in [3.63, 3.8) is 0 Å². The topological polar surface area (TPSA) is 78.1 Å². The van der Waals surface area contributed by atoms with Crippen LogP contribution in [0.5, 0.6) is 11.5 Å². The third-order valence-electron chi connectivity index (χ3n) is 6.68. The number of methoxy groups -OCH3 is 3. The average molecular weight is 485 g/mol. The lowest BCUT2D eigenvalue weighted by molar-refractivity contribution is -0.0343. The smallest absolute Gasteiger partial charge is 0.199 e. The molecule has 1 aromatic carbocycles. The van der Waals surface area contributed by atoms with Crippen LogP contribution < -0.4 is 10.2 Å². The van der Waals surface area contributed by atoms with Gasteiger partial charge in [0.25, 0.3) is 0 Å². The first-order chi connectivity index (χ1) is 16.7. The minimum Gasteiger partial charge on any atom is -0.508 e. The number of hydrogen-bond donors (Lipinski definition) is 1. The van der Waals surface area contributed by atoms with E-state index in [2.05, 4.69) is 39.0 Å². The quantitative estimate of drug-likeness (QED) is 0.365. The molecule has 0 saturated carbocycles. The third kappa shape index (κ3) is 7.09. The predicted octanol–water partition coefficient (Wildman–Crippen LogP) is 6.13. The van der Waals surface area contributed by atoms with E-state index in [0.717, 1.165) is 6.42 Å². The van der Waals surface area contributed by atoms with Crippen molar-refractivity contribution in [2.24, 2.45) is 11.8 Å². The lowest BCUT2D eigenvalue weighted by atomic mass is 9.86. The highest BCUT2D eigenvalue weighted by Gasteiger charge is 2.29. The molecular formula is C29H40O6. The number of phenolic OH excluding ortho intramolecular Hbond substituents is 1. The van der Waals surface area contributed by atoms with Crippen LogP contribution in [0.4, 0.5) is 0 Å². The molecule has 6 heteroatoms. The van der Waals surface area contributed by atoms with Gasteiger partial charge in [0.2, 0.25) is 0 Å². The van der Waals surface area contributed by atoms with Crippen LogP contribution in [0.1, 0.15) is 45.4 Å². The Labute approximate surface area is 208 Å². The zero-order chi connectivity index (χ0) is 26.1. The molecule has 0 radical (unpaired) electrons. The zero-order valence-electron chi connectivity index (χ0n) is 22.3. The highest BCUT2D eigenvalue weighted by molar-refractivity contribution is 5.85. The van der Waals surface area contributed by atoms with Gasteiger partial charge in [-0.1, -0.05) is 49.8 Å². The minimum absolute atomic E-state index is 0.0108. The van der Waals surface area contributed by atoms with Crippen LogP contribution in [0.25, 0.3) is 11.0 Å². The van der Waals surface area contributed by atoms with Gasteiger partial charge >= 0.3 is 0 Å². The van der Waals surface area contributed by atoms with Crippen LogP contribution in [0, 0.1) is 18.8 Å². The van der Waals surface area contributed by atoms with Gasteiger partial charge in [0.05, 0.1) is 19.3 Å². The maximum Gasteiger partial charge on any atom is 0.199 e. The first-order valence-corrected chi connectivity index (χ1v) is 12.0. The Hall–Kier alpha value is -2.83. The van der Waals surface area contributed by atoms with Crippen LogP contribution >= 0.6 is 0 Å². The van der Waals surface area contributed by atoms with Crippen LogP contribution in [-0.2, 0) is 15.9 Å². The van der Waals surface area contributed by atoms with Gasteiger partial charge < -0.3 is 23.7 Å². The van der Waals surface area contributed by atoms with E-state index < -0.39 is 0 Å². The normalized spacial score (nSPS) is 16.2. The first kappa shape index (κ1) is 28.4. The van der Waals surface area contributed by atoms with Crippen molar-refractivity contribution in [2.75, 3.05) is 21.3 Å². The van der Waals surface area contributed by atoms with E-state index >= 15 is 0 Å². The summed E-state index contributed by atoms with van der Waals surface area (Å²) in [6.07, 6.45) is 11.4. The lowest BCUT2D eigenvalue weighted by Crippen LogP contribution is -2.36. The molecule has 4 atom stereocenters. The van der Waals surface area contributed by atoms with Crippen molar-refractivity contribution in [1.82, 2.24) is 0 Å². The summed E-state index contributed by atoms with van der Waals surface area (Å²) in [5, 5.41) is 10.3. The Morgan fingerprint density at radius 3 is 2.46 bits per heavy atom. The van der Waals surface area contributed by atoms with E-state index in [1.165, 1.54) is 24.8 Å². The van der Waals surface area contributed by atoms with Crippen molar-refractivity contribution < 1.29 is 23.7 Å². The number of aromatic hydroxyl groups is 1. The molecule has 0 amide bonds. The average Bonchev–Trinajstić information content (AvgIpc) is 2.84. The van der Waals surface area contributed by atoms with Gasteiger partial charge in [0.15, 0.2) is 5.43 Å². The summed E-state index contributed by atoms with van der Waals surface area (Å²) in [4.78, 5) is 13.0. The van der Waals surface area contributed by atoms with Gasteiger partial charge in [-0.25, -0.2) is 0 Å². The Balaban J connectivity index is 2.19. The molecular weight excluding hydrogens is 444 g/mol. The molecule has 35 heavy (non-hydrogen) atoms.